The van der Waals surface area contributed by atoms with Crippen molar-refractivity contribution < 1.29 is 4.42 Å². The van der Waals surface area contributed by atoms with Crippen LogP contribution in [-0.2, 0) is 0 Å². The van der Waals surface area contributed by atoms with E-state index in [0.717, 1.165) is 49.7 Å². The van der Waals surface area contributed by atoms with Gasteiger partial charge in [-0.05, 0) is 0 Å². The number of rotatable bonds is 5. The van der Waals surface area contributed by atoms with Crippen LogP contribution >= 0.6 is 0 Å². The molecular weight excluding hydrogens is 679 g/mol. The third-order valence-corrected chi connectivity index (χ3v) is 11.6. The van der Waals surface area contributed by atoms with E-state index in [1.807, 2.05) is 66.7 Å². The molecule has 7 aromatic carbocycles. The first-order chi connectivity index (χ1) is 24.7. The molecule has 3 aromatic heterocycles. The molecule has 0 amide bonds. The summed E-state index contributed by atoms with van der Waals surface area (Å²) >= 11 is 0.138. The van der Waals surface area contributed by atoms with Gasteiger partial charge in [-0.15, -0.1) is 0 Å². The van der Waals surface area contributed by atoms with Gasteiger partial charge in [-0.3, -0.25) is 0 Å². The van der Waals surface area contributed by atoms with Crippen molar-refractivity contribution in [1.29, 1.82) is 0 Å². The summed E-state index contributed by atoms with van der Waals surface area (Å²) in [5.41, 5.74) is 9.01. The maximum absolute atomic E-state index is 6.44. The summed E-state index contributed by atoms with van der Waals surface area (Å²) in [5, 5.41) is 4.65. The molecule has 0 aliphatic carbocycles. The molecule has 0 spiro atoms. The fraction of sp³-hybridized carbons (Fsp3) is 0. The first-order valence-corrected chi connectivity index (χ1v) is 18.2. The van der Waals surface area contributed by atoms with Crippen LogP contribution < -0.4 is 0 Å². The third kappa shape index (κ3) is 5.01. The summed E-state index contributed by atoms with van der Waals surface area (Å²) in [7, 11) is 0. The molecular formula is C44H26N4OSe. The minimum Gasteiger partial charge on any atom is -0.208 e. The molecule has 0 aliphatic rings. The summed E-state index contributed by atoms with van der Waals surface area (Å²) in [4.78, 5) is 19.7. The summed E-state index contributed by atoms with van der Waals surface area (Å²) in [6.45, 7) is 0. The molecule has 0 saturated carbocycles. The van der Waals surface area contributed by atoms with Crippen LogP contribution in [0.15, 0.2) is 162 Å². The summed E-state index contributed by atoms with van der Waals surface area (Å²) in [6.07, 6.45) is 0. The molecule has 0 saturated heterocycles. The Kier molecular flexibility index (Phi) is 6.76. The average molecular weight is 706 g/mol. The predicted octanol–water partition coefficient (Wildman–Crippen LogP) is 10.9. The number of hydrogen-bond donors (Lipinski definition) is 0. The molecule has 234 valence electrons. The van der Waals surface area contributed by atoms with Gasteiger partial charge in [-0.1, -0.05) is 60.7 Å². The van der Waals surface area contributed by atoms with Crippen LogP contribution in [0.3, 0.4) is 0 Å². The molecule has 6 heteroatoms. The second-order valence-corrected chi connectivity index (χ2v) is 14.4. The van der Waals surface area contributed by atoms with Gasteiger partial charge in [0.25, 0.3) is 0 Å². The number of nitrogens with zero attached hydrogens (tertiary/aromatic N) is 4. The van der Waals surface area contributed by atoms with Crippen molar-refractivity contribution in [3.05, 3.63) is 158 Å². The molecule has 0 bridgehead atoms. The van der Waals surface area contributed by atoms with Crippen molar-refractivity contribution >= 4 is 57.0 Å². The van der Waals surface area contributed by atoms with Crippen molar-refractivity contribution in [2.45, 2.75) is 0 Å². The van der Waals surface area contributed by atoms with Crippen molar-refractivity contribution in [2.24, 2.45) is 0 Å². The van der Waals surface area contributed by atoms with Crippen molar-refractivity contribution in [2.75, 3.05) is 0 Å². The Morgan fingerprint density at radius 2 is 0.940 bits per heavy atom. The third-order valence-electron chi connectivity index (χ3n) is 9.15. The average Bonchev–Trinajstić information content (AvgIpc) is 3.80. The Bertz CT molecular complexity index is 2810. The van der Waals surface area contributed by atoms with E-state index < -0.39 is 0 Å². The Labute approximate surface area is 293 Å². The molecule has 50 heavy (non-hydrogen) atoms. The maximum Gasteiger partial charge on any atom is -0.0512 e. The zero-order valence-electron chi connectivity index (χ0n) is 26.6. The first-order valence-electron chi connectivity index (χ1n) is 16.5. The number of furan rings is 1. The Morgan fingerprint density at radius 1 is 0.380 bits per heavy atom. The van der Waals surface area contributed by atoms with E-state index in [1.165, 1.54) is 30.7 Å². The van der Waals surface area contributed by atoms with Crippen LogP contribution in [0.5, 0.6) is 0 Å². The number of fused-ring (bicyclic) bond motifs is 6. The van der Waals surface area contributed by atoms with Gasteiger partial charge in [0.05, 0.1) is 0 Å². The number of aromatic nitrogens is 4. The fourth-order valence-electron chi connectivity index (χ4n) is 6.62. The largest absolute Gasteiger partial charge is 0.208 e. The second-order valence-electron chi connectivity index (χ2n) is 12.3. The smallest absolute Gasteiger partial charge is 0.0512 e. The van der Waals surface area contributed by atoms with Gasteiger partial charge >= 0.3 is 196 Å². The van der Waals surface area contributed by atoms with E-state index in [1.54, 1.807) is 0 Å². The fourth-order valence-corrected chi connectivity index (χ4v) is 8.92. The van der Waals surface area contributed by atoms with Gasteiger partial charge in [-0.25, -0.2) is 15.0 Å². The molecule has 3 heterocycles. The summed E-state index contributed by atoms with van der Waals surface area (Å²) in [5.74, 6) is 1.87. The molecule has 10 rings (SSSR count). The van der Waals surface area contributed by atoms with Gasteiger partial charge in [0.1, 0.15) is 0 Å². The Balaban J connectivity index is 1.06. The van der Waals surface area contributed by atoms with Crippen LogP contribution in [0, 0.1) is 0 Å². The summed E-state index contributed by atoms with van der Waals surface area (Å²) < 4.78 is 8.97. The normalized spacial score (nSPS) is 11.6. The topological polar surface area (TPSA) is 64.7 Å². The minimum absolute atomic E-state index is 0.138. The second kappa shape index (κ2) is 11.7. The van der Waals surface area contributed by atoms with Crippen molar-refractivity contribution in [1.82, 2.24) is 19.9 Å². The Morgan fingerprint density at radius 3 is 1.62 bits per heavy atom. The number of benzene rings is 7. The van der Waals surface area contributed by atoms with E-state index in [0.29, 0.717) is 17.5 Å². The van der Waals surface area contributed by atoms with Crippen LogP contribution in [0.2, 0.25) is 0 Å². The SMILES string of the molecule is c1ccc(-c2nc(-c3ccccc3)nc(-c3ccc4c(c3)oc3ccc(-c5ccc6ccc7nc(-c8ccccc8)[se]c7c6c5)cc34)n2)cc1. The molecule has 0 N–H and O–H groups in total. The predicted molar refractivity (Wildman–Crippen MR) is 204 cm³/mol. The van der Waals surface area contributed by atoms with Gasteiger partial charge in [0.15, 0.2) is 11.6 Å². The Hall–Kier alpha value is -6.20. The van der Waals surface area contributed by atoms with E-state index in [4.69, 9.17) is 24.4 Å². The van der Waals surface area contributed by atoms with E-state index in [-0.39, 0.29) is 14.5 Å². The summed E-state index contributed by atoms with van der Waals surface area (Å²) in [6, 6.07) is 54.4. The molecule has 10 aromatic rings. The minimum atomic E-state index is 0.138. The monoisotopic (exact) mass is 706 g/mol. The van der Waals surface area contributed by atoms with Crippen LogP contribution in [0.1, 0.15) is 0 Å². The van der Waals surface area contributed by atoms with Crippen molar-refractivity contribution in [3.8, 4) is 55.4 Å². The first kappa shape index (κ1) is 28.8. The molecule has 0 radical (unpaired) electrons. The van der Waals surface area contributed by atoms with Crippen LogP contribution in [0.4, 0.5) is 0 Å². The molecule has 0 fully saturated rings. The van der Waals surface area contributed by atoms with E-state index >= 15 is 0 Å². The standard InChI is InChI=1S/C44H26N4OSe/c1-4-10-28(11-5-1)41-46-42(29-12-6-2-7-13-29)48-43(47-41)33-18-21-34-36-25-32(20-23-38(36)49-39(34)26-33)31-17-16-27-19-22-37-40(35(27)24-31)50-44(45-37)30-14-8-3-9-15-30/h1-26H. The van der Waals surface area contributed by atoms with Crippen LogP contribution in [0.25, 0.3) is 97.9 Å². The molecule has 0 atom stereocenters. The maximum atomic E-state index is 6.44. The number of hydrogen-bond acceptors (Lipinski definition) is 5. The van der Waals surface area contributed by atoms with Gasteiger partial charge in [-0.2, -0.15) is 0 Å². The van der Waals surface area contributed by atoms with E-state index in [2.05, 4.69) is 91.0 Å². The quantitative estimate of drug-likeness (QED) is 0.167. The van der Waals surface area contributed by atoms with Crippen LogP contribution in [-0.4, -0.2) is 34.4 Å². The van der Waals surface area contributed by atoms with Gasteiger partial charge in [0.2, 0.25) is 0 Å². The van der Waals surface area contributed by atoms with E-state index in [9.17, 15) is 0 Å². The zero-order valence-corrected chi connectivity index (χ0v) is 28.3. The van der Waals surface area contributed by atoms with Crippen molar-refractivity contribution in [3.63, 3.8) is 0 Å². The molecule has 0 unspecified atom stereocenters. The zero-order chi connectivity index (χ0) is 33.0. The van der Waals surface area contributed by atoms with Gasteiger partial charge < -0.3 is 0 Å². The molecule has 0 aliphatic heterocycles. The van der Waals surface area contributed by atoms with Gasteiger partial charge in [0, 0.05) is 11.1 Å². The molecule has 5 nitrogen and oxygen atoms in total.